The van der Waals surface area contributed by atoms with Crippen molar-refractivity contribution in [2.24, 2.45) is 10.9 Å². The van der Waals surface area contributed by atoms with Crippen LogP contribution in [0.5, 0.6) is 5.88 Å². The van der Waals surface area contributed by atoms with Gasteiger partial charge in [0.15, 0.2) is 5.96 Å². The van der Waals surface area contributed by atoms with Crippen molar-refractivity contribution >= 4 is 11.9 Å². The predicted octanol–water partition coefficient (Wildman–Crippen LogP) is 3.02. The molecule has 1 aromatic carbocycles. The van der Waals surface area contributed by atoms with Crippen LogP contribution >= 0.6 is 0 Å². The van der Waals surface area contributed by atoms with Crippen LogP contribution in [0.2, 0.25) is 0 Å². The van der Waals surface area contributed by atoms with Crippen LogP contribution in [-0.4, -0.2) is 54.5 Å². The van der Waals surface area contributed by atoms with Gasteiger partial charge < -0.3 is 20.3 Å². The van der Waals surface area contributed by atoms with Crippen molar-refractivity contribution in [3.05, 3.63) is 59.8 Å². The maximum atomic E-state index is 12.4. The molecule has 1 amide bonds. The molecule has 32 heavy (non-hydrogen) atoms. The summed E-state index contributed by atoms with van der Waals surface area (Å²) in [7, 11) is 0. The zero-order valence-corrected chi connectivity index (χ0v) is 19.2. The molecule has 1 aromatic heterocycles. The van der Waals surface area contributed by atoms with Gasteiger partial charge in [0.05, 0.1) is 13.2 Å². The van der Waals surface area contributed by atoms with E-state index in [0.717, 1.165) is 50.5 Å². The number of nitrogens with zero attached hydrogens (tertiary/aromatic N) is 3. The van der Waals surface area contributed by atoms with Crippen LogP contribution < -0.4 is 15.4 Å². The Balaban J connectivity index is 1.45. The summed E-state index contributed by atoms with van der Waals surface area (Å²) in [6.07, 6.45) is 4.25. The number of likely N-dealkylation sites (tertiary alicyclic amines) is 1. The number of pyridine rings is 1. The Bertz CT molecular complexity index is 854. The number of ether oxygens (including phenoxy) is 1. The summed E-state index contributed by atoms with van der Waals surface area (Å²) in [5.41, 5.74) is 2.29. The molecule has 1 aliphatic rings. The molecule has 3 rings (SSSR count). The van der Waals surface area contributed by atoms with Crippen LogP contribution in [0, 0.1) is 5.92 Å². The standard InChI is InChI=1S/C25H35N5O2/c1-3-14-32-23-11-10-21(16-27-23)17-28-25(26-4-2)29-18-22-15-24(31)30(19-22)13-12-20-8-6-5-7-9-20/h5-11,16,22H,3-4,12-15,17-19H2,1-2H3,(H2,26,28,29). The molecule has 0 spiro atoms. The number of hydrogen-bond donors (Lipinski definition) is 2. The molecule has 7 heteroatoms. The average molecular weight is 438 g/mol. The Labute approximate surface area is 191 Å². The molecule has 2 heterocycles. The Morgan fingerprint density at radius 1 is 1.16 bits per heavy atom. The van der Waals surface area contributed by atoms with Crippen molar-refractivity contribution in [2.75, 3.05) is 32.8 Å². The van der Waals surface area contributed by atoms with Gasteiger partial charge in [0.2, 0.25) is 11.8 Å². The largest absolute Gasteiger partial charge is 0.478 e. The van der Waals surface area contributed by atoms with Crippen LogP contribution in [0.1, 0.15) is 37.8 Å². The molecule has 1 aliphatic heterocycles. The highest BCUT2D eigenvalue weighted by Gasteiger charge is 2.29. The number of amides is 1. The third-order valence-corrected chi connectivity index (χ3v) is 5.38. The molecule has 0 aliphatic carbocycles. The minimum Gasteiger partial charge on any atom is -0.478 e. The fourth-order valence-corrected chi connectivity index (χ4v) is 3.67. The second-order valence-electron chi connectivity index (χ2n) is 8.07. The molecule has 1 unspecified atom stereocenters. The van der Waals surface area contributed by atoms with Crippen molar-refractivity contribution in [3.63, 3.8) is 0 Å². The van der Waals surface area contributed by atoms with Gasteiger partial charge in [0, 0.05) is 50.8 Å². The molecular weight excluding hydrogens is 402 g/mol. The molecule has 0 saturated carbocycles. The van der Waals surface area contributed by atoms with E-state index >= 15 is 0 Å². The van der Waals surface area contributed by atoms with Crippen molar-refractivity contribution in [3.8, 4) is 5.88 Å². The predicted molar refractivity (Wildman–Crippen MR) is 128 cm³/mol. The summed E-state index contributed by atoms with van der Waals surface area (Å²) in [6.45, 7) is 8.39. The number of aromatic nitrogens is 1. The molecule has 1 saturated heterocycles. The van der Waals surface area contributed by atoms with Gasteiger partial charge in [-0.15, -0.1) is 0 Å². The Hall–Kier alpha value is -3.09. The Morgan fingerprint density at radius 2 is 2.00 bits per heavy atom. The van der Waals surface area contributed by atoms with E-state index in [1.807, 2.05) is 42.2 Å². The molecule has 2 N–H and O–H groups in total. The van der Waals surface area contributed by atoms with E-state index in [2.05, 4.69) is 39.7 Å². The van der Waals surface area contributed by atoms with E-state index in [9.17, 15) is 4.79 Å². The van der Waals surface area contributed by atoms with E-state index in [4.69, 9.17) is 4.74 Å². The zero-order valence-electron chi connectivity index (χ0n) is 19.2. The van der Waals surface area contributed by atoms with Gasteiger partial charge in [0.25, 0.3) is 0 Å². The number of rotatable bonds is 11. The third kappa shape index (κ3) is 7.55. The minimum atomic E-state index is 0.242. The number of hydrogen-bond acceptors (Lipinski definition) is 4. The van der Waals surface area contributed by atoms with E-state index in [1.165, 1.54) is 5.56 Å². The number of guanidine groups is 1. The topological polar surface area (TPSA) is 78.8 Å². The highest BCUT2D eigenvalue weighted by Crippen LogP contribution is 2.17. The fraction of sp³-hybridized carbons (Fsp3) is 0.480. The number of nitrogens with one attached hydrogen (secondary N) is 2. The van der Waals surface area contributed by atoms with E-state index in [0.29, 0.717) is 31.4 Å². The molecule has 0 radical (unpaired) electrons. The van der Waals surface area contributed by atoms with E-state index in [-0.39, 0.29) is 5.91 Å². The quantitative estimate of drug-likeness (QED) is 0.417. The first-order valence-electron chi connectivity index (χ1n) is 11.6. The van der Waals surface area contributed by atoms with Gasteiger partial charge in [-0.1, -0.05) is 43.3 Å². The van der Waals surface area contributed by atoms with Crippen molar-refractivity contribution in [1.29, 1.82) is 0 Å². The number of carbonyl (C=O) groups is 1. The second kappa shape index (κ2) is 12.7. The van der Waals surface area contributed by atoms with Crippen LogP contribution in [-0.2, 0) is 17.8 Å². The maximum Gasteiger partial charge on any atom is 0.223 e. The summed E-state index contributed by atoms with van der Waals surface area (Å²) in [4.78, 5) is 23.4. The lowest BCUT2D eigenvalue weighted by atomic mass is 10.1. The highest BCUT2D eigenvalue weighted by molar-refractivity contribution is 5.81. The van der Waals surface area contributed by atoms with Gasteiger partial charge >= 0.3 is 0 Å². The van der Waals surface area contributed by atoms with Crippen molar-refractivity contribution in [2.45, 2.75) is 39.7 Å². The summed E-state index contributed by atoms with van der Waals surface area (Å²) in [6, 6.07) is 14.2. The molecule has 2 aromatic rings. The smallest absolute Gasteiger partial charge is 0.223 e. The van der Waals surface area contributed by atoms with Crippen molar-refractivity contribution < 1.29 is 9.53 Å². The first-order valence-corrected chi connectivity index (χ1v) is 11.6. The van der Waals surface area contributed by atoms with Gasteiger partial charge in [-0.05, 0) is 30.9 Å². The molecule has 1 fully saturated rings. The van der Waals surface area contributed by atoms with Gasteiger partial charge in [0.1, 0.15) is 0 Å². The van der Waals surface area contributed by atoms with Gasteiger partial charge in [-0.25, -0.2) is 9.98 Å². The zero-order chi connectivity index (χ0) is 22.6. The fourth-order valence-electron chi connectivity index (χ4n) is 3.67. The first kappa shape index (κ1) is 23.6. The van der Waals surface area contributed by atoms with Crippen LogP contribution in [0.3, 0.4) is 0 Å². The van der Waals surface area contributed by atoms with Gasteiger partial charge in [-0.2, -0.15) is 0 Å². The number of aliphatic imine (C=N–C) groups is 1. The molecule has 0 bridgehead atoms. The van der Waals surface area contributed by atoms with Crippen LogP contribution in [0.4, 0.5) is 0 Å². The summed E-state index contributed by atoms with van der Waals surface area (Å²) in [5, 5.41) is 6.68. The number of benzene rings is 1. The molecule has 7 nitrogen and oxygen atoms in total. The van der Waals surface area contributed by atoms with Crippen molar-refractivity contribution in [1.82, 2.24) is 20.5 Å². The van der Waals surface area contributed by atoms with Crippen LogP contribution in [0.25, 0.3) is 0 Å². The van der Waals surface area contributed by atoms with Crippen LogP contribution in [0.15, 0.2) is 53.7 Å². The molecular formula is C25H35N5O2. The first-order chi connectivity index (χ1) is 15.7. The van der Waals surface area contributed by atoms with E-state index in [1.54, 1.807) is 6.20 Å². The summed E-state index contributed by atoms with van der Waals surface area (Å²) < 4.78 is 5.53. The maximum absolute atomic E-state index is 12.4. The molecule has 1 atom stereocenters. The Kier molecular flexibility index (Phi) is 9.35. The minimum absolute atomic E-state index is 0.242. The SMILES string of the molecule is CCCOc1ccc(CN=C(NCC)NCC2CC(=O)N(CCc3ccccc3)C2)cn1. The van der Waals surface area contributed by atoms with E-state index < -0.39 is 0 Å². The highest BCUT2D eigenvalue weighted by atomic mass is 16.5. The summed E-state index contributed by atoms with van der Waals surface area (Å²) in [5.74, 6) is 1.94. The normalized spacial score (nSPS) is 16.3. The lowest BCUT2D eigenvalue weighted by Gasteiger charge is -2.18. The summed E-state index contributed by atoms with van der Waals surface area (Å²) >= 11 is 0. The monoisotopic (exact) mass is 437 g/mol. The lowest BCUT2D eigenvalue weighted by Crippen LogP contribution is -2.40. The average Bonchev–Trinajstić information content (AvgIpc) is 3.18. The lowest BCUT2D eigenvalue weighted by molar-refractivity contribution is -0.127. The number of carbonyl (C=O) groups excluding carboxylic acids is 1. The Morgan fingerprint density at radius 3 is 2.72 bits per heavy atom. The second-order valence-corrected chi connectivity index (χ2v) is 8.07. The molecule has 172 valence electrons. The third-order valence-electron chi connectivity index (χ3n) is 5.38. The van der Waals surface area contributed by atoms with Gasteiger partial charge in [-0.3, -0.25) is 4.79 Å².